The van der Waals surface area contributed by atoms with Gasteiger partial charge in [0, 0.05) is 25.7 Å². The monoisotopic (exact) mass is 1380 g/mol. The Hall–Kier alpha value is -1.94. The summed E-state index contributed by atoms with van der Waals surface area (Å²) in [5.41, 5.74) is 0. The molecule has 0 radical (unpaired) electrons. The number of phosphoric acid groups is 2. The molecule has 0 amide bonds. The Bertz CT molecular complexity index is 1810. The molecule has 0 aromatic heterocycles. The van der Waals surface area contributed by atoms with E-state index in [4.69, 9.17) is 37.0 Å². The van der Waals surface area contributed by atoms with Crippen molar-refractivity contribution in [1.82, 2.24) is 0 Å². The van der Waals surface area contributed by atoms with Crippen LogP contribution in [0, 0.1) is 5.92 Å². The number of hydrogen-bond donors (Lipinski definition) is 3. The van der Waals surface area contributed by atoms with Crippen LogP contribution in [0.4, 0.5) is 0 Å². The average molecular weight is 1380 g/mol. The SMILES string of the molecule is CCCCCCCCCCCCCCCCCCCCCC(=O)O[C@H](COC(=O)CCCCCCCCCCCCCCCCCCCC)COP(=O)(O)OC[C@@H](O)COP(=O)(O)OC[C@@H](COC(=O)CCCCCCCCC)OC(=O)CCCCCCCCCC(C)C. The van der Waals surface area contributed by atoms with E-state index in [0.29, 0.717) is 31.6 Å². The number of phosphoric ester groups is 2. The van der Waals surface area contributed by atoms with Crippen molar-refractivity contribution in [3.05, 3.63) is 0 Å². The van der Waals surface area contributed by atoms with E-state index in [1.165, 1.54) is 205 Å². The van der Waals surface area contributed by atoms with Gasteiger partial charge in [-0.1, -0.05) is 343 Å². The van der Waals surface area contributed by atoms with Gasteiger partial charge in [-0.25, -0.2) is 9.13 Å². The lowest BCUT2D eigenvalue weighted by Crippen LogP contribution is -2.30. The lowest BCUT2D eigenvalue weighted by molar-refractivity contribution is -0.161. The van der Waals surface area contributed by atoms with Crippen LogP contribution in [0.15, 0.2) is 0 Å². The zero-order chi connectivity index (χ0) is 69.1. The molecule has 0 aromatic carbocycles. The van der Waals surface area contributed by atoms with E-state index in [2.05, 4.69) is 34.6 Å². The van der Waals surface area contributed by atoms with Crippen molar-refractivity contribution in [1.29, 1.82) is 0 Å². The summed E-state index contributed by atoms with van der Waals surface area (Å²) in [4.78, 5) is 72.6. The second-order valence-electron chi connectivity index (χ2n) is 27.5. The number of aliphatic hydroxyl groups excluding tert-OH is 1. The molecule has 0 fully saturated rings. The van der Waals surface area contributed by atoms with E-state index >= 15 is 0 Å². The number of ether oxygens (including phenoxy) is 4. The Morgan fingerprint density at radius 3 is 0.723 bits per heavy atom. The molecule has 558 valence electrons. The molecule has 19 heteroatoms. The van der Waals surface area contributed by atoms with E-state index in [0.717, 1.165) is 103 Å². The van der Waals surface area contributed by atoms with Gasteiger partial charge in [0.1, 0.15) is 19.3 Å². The van der Waals surface area contributed by atoms with Crippen LogP contribution in [0.25, 0.3) is 0 Å². The Balaban J connectivity index is 5.16. The minimum absolute atomic E-state index is 0.103. The van der Waals surface area contributed by atoms with Crippen molar-refractivity contribution in [3.8, 4) is 0 Å². The number of aliphatic hydroxyl groups is 1. The fourth-order valence-corrected chi connectivity index (χ4v) is 13.1. The summed E-state index contributed by atoms with van der Waals surface area (Å²) in [6.45, 7) is 7.18. The number of unbranched alkanes of at least 4 members (excludes halogenated alkanes) is 47. The summed E-state index contributed by atoms with van der Waals surface area (Å²) in [7, 11) is -9.90. The normalized spacial score (nSPS) is 14.0. The van der Waals surface area contributed by atoms with Crippen LogP contribution in [0.5, 0.6) is 0 Å². The number of rotatable bonds is 75. The van der Waals surface area contributed by atoms with Gasteiger partial charge < -0.3 is 33.8 Å². The van der Waals surface area contributed by atoms with Gasteiger partial charge in [0.25, 0.3) is 0 Å². The summed E-state index contributed by atoms with van der Waals surface area (Å²) < 4.78 is 68.3. The van der Waals surface area contributed by atoms with E-state index in [1.54, 1.807) is 0 Å². The van der Waals surface area contributed by atoms with Crippen molar-refractivity contribution in [2.24, 2.45) is 5.92 Å². The van der Waals surface area contributed by atoms with Crippen molar-refractivity contribution in [2.45, 2.75) is 412 Å². The van der Waals surface area contributed by atoms with Gasteiger partial charge in [0.2, 0.25) is 0 Å². The molecule has 2 unspecified atom stereocenters. The lowest BCUT2D eigenvalue weighted by Gasteiger charge is -2.21. The van der Waals surface area contributed by atoms with Crippen molar-refractivity contribution >= 4 is 39.5 Å². The first kappa shape index (κ1) is 92.1. The second kappa shape index (κ2) is 68.2. The zero-order valence-corrected chi connectivity index (χ0v) is 62.9. The summed E-state index contributed by atoms with van der Waals surface area (Å²) in [5.74, 6) is -1.43. The molecular weight excluding hydrogens is 1230 g/mol. The summed E-state index contributed by atoms with van der Waals surface area (Å²) in [6.07, 6.45) is 57.3. The smallest absolute Gasteiger partial charge is 0.462 e. The fourth-order valence-electron chi connectivity index (χ4n) is 11.5. The van der Waals surface area contributed by atoms with Gasteiger partial charge >= 0.3 is 39.5 Å². The van der Waals surface area contributed by atoms with Gasteiger partial charge in [-0.3, -0.25) is 37.3 Å². The molecule has 0 heterocycles. The molecule has 0 spiro atoms. The largest absolute Gasteiger partial charge is 0.472 e. The van der Waals surface area contributed by atoms with Crippen LogP contribution in [-0.2, 0) is 65.4 Å². The Labute approximate surface area is 575 Å². The lowest BCUT2D eigenvalue weighted by atomic mass is 10.0. The molecule has 0 bridgehead atoms. The first-order chi connectivity index (χ1) is 45.5. The van der Waals surface area contributed by atoms with Crippen LogP contribution in [0.3, 0.4) is 0 Å². The maximum absolute atomic E-state index is 13.1. The van der Waals surface area contributed by atoms with Crippen molar-refractivity contribution in [3.63, 3.8) is 0 Å². The highest BCUT2D eigenvalue weighted by atomic mass is 31.2. The van der Waals surface area contributed by atoms with Gasteiger partial charge in [-0.05, 0) is 31.6 Å². The predicted molar refractivity (Wildman–Crippen MR) is 382 cm³/mol. The standard InChI is InChI=1S/C75H146O17P2/c1-6-9-12-15-18-20-22-24-26-28-30-32-34-36-38-40-45-50-55-60-74(79)91-71(65-86-73(78)59-54-49-44-39-37-35-33-31-29-27-25-23-21-19-16-13-10-7-2)67-90-94(83,84)88-63-69(76)62-87-93(81,82)89-66-70(64-85-72(77)58-53-48-42-17-14-11-8-3)92-75(80)61-56-51-46-41-43-47-52-57-68(4)5/h68-71,76H,6-67H2,1-5H3,(H,81,82)(H,83,84)/t69-,70+,71+/m0/s1. The highest BCUT2D eigenvalue weighted by Gasteiger charge is 2.30. The van der Waals surface area contributed by atoms with Gasteiger partial charge in [-0.2, -0.15) is 0 Å². The third-order valence-electron chi connectivity index (χ3n) is 17.5. The van der Waals surface area contributed by atoms with Crippen LogP contribution >= 0.6 is 15.6 Å². The van der Waals surface area contributed by atoms with Gasteiger partial charge in [0.05, 0.1) is 26.4 Å². The molecule has 0 aliphatic carbocycles. The number of hydrogen-bond acceptors (Lipinski definition) is 15. The Morgan fingerprint density at radius 1 is 0.287 bits per heavy atom. The van der Waals surface area contributed by atoms with Gasteiger partial charge in [-0.15, -0.1) is 0 Å². The fraction of sp³-hybridized carbons (Fsp3) is 0.947. The van der Waals surface area contributed by atoms with E-state index in [1.807, 2.05) is 0 Å². The van der Waals surface area contributed by atoms with Crippen molar-refractivity contribution < 1.29 is 80.2 Å². The Morgan fingerprint density at radius 2 is 0.489 bits per heavy atom. The van der Waals surface area contributed by atoms with Crippen LogP contribution in [0.1, 0.15) is 394 Å². The zero-order valence-electron chi connectivity index (χ0n) is 61.1. The molecule has 94 heavy (non-hydrogen) atoms. The minimum Gasteiger partial charge on any atom is -0.462 e. The summed E-state index contributed by atoms with van der Waals surface area (Å²) in [5, 5.41) is 10.6. The first-order valence-electron chi connectivity index (χ1n) is 39.1. The number of carbonyl (C=O) groups excluding carboxylic acids is 4. The predicted octanol–water partition coefficient (Wildman–Crippen LogP) is 22.1. The third kappa shape index (κ3) is 68.6. The molecule has 0 rings (SSSR count). The molecule has 0 aliphatic rings. The average Bonchev–Trinajstić information content (AvgIpc) is 1.35. The Kier molecular flexibility index (Phi) is 66.8. The molecule has 0 aromatic rings. The van der Waals surface area contributed by atoms with Crippen LogP contribution in [0.2, 0.25) is 0 Å². The van der Waals surface area contributed by atoms with E-state index < -0.39 is 97.5 Å². The van der Waals surface area contributed by atoms with Gasteiger partial charge in [0.15, 0.2) is 12.2 Å². The third-order valence-corrected chi connectivity index (χ3v) is 19.4. The molecule has 5 atom stereocenters. The van der Waals surface area contributed by atoms with Crippen LogP contribution < -0.4 is 0 Å². The molecule has 0 aliphatic heterocycles. The first-order valence-corrected chi connectivity index (χ1v) is 42.1. The minimum atomic E-state index is -4.96. The topological polar surface area (TPSA) is 237 Å². The highest BCUT2D eigenvalue weighted by Crippen LogP contribution is 2.45. The molecule has 3 N–H and O–H groups in total. The summed E-state index contributed by atoms with van der Waals surface area (Å²) in [6, 6.07) is 0. The molecular formula is C75H146O17P2. The number of carbonyl (C=O) groups is 4. The number of esters is 4. The maximum Gasteiger partial charge on any atom is 0.472 e. The maximum atomic E-state index is 13.1. The van der Waals surface area contributed by atoms with E-state index in [-0.39, 0.29) is 25.7 Å². The quantitative estimate of drug-likeness (QED) is 0.0222. The van der Waals surface area contributed by atoms with E-state index in [9.17, 15) is 43.2 Å². The molecule has 0 saturated heterocycles. The van der Waals surface area contributed by atoms with Crippen molar-refractivity contribution in [2.75, 3.05) is 39.6 Å². The molecule has 17 nitrogen and oxygen atoms in total. The highest BCUT2D eigenvalue weighted by molar-refractivity contribution is 7.47. The molecule has 0 saturated carbocycles. The second-order valence-corrected chi connectivity index (χ2v) is 30.4. The summed E-state index contributed by atoms with van der Waals surface area (Å²) >= 11 is 0. The van der Waals surface area contributed by atoms with Crippen LogP contribution in [-0.4, -0.2) is 96.7 Å².